The molecule has 2 rings (SSSR count). The van der Waals surface area contributed by atoms with Gasteiger partial charge < -0.3 is 9.88 Å². The molecule has 0 radical (unpaired) electrons. The predicted octanol–water partition coefficient (Wildman–Crippen LogP) is 3.02. The van der Waals surface area contributed by atoms with Crippen LogP contribution in [0.25, 0.3) is 0 Å². The maximum Gasteiger partial charge on any atom is 0.0948 e. The van der Waals surface area contributed by atoms with Crippen molar-refractivity contribution in [1.82, 2.24) is 14.9 Å². The molecular formula is C14H18ClN3. The summed E-state index contributed by atoms with van der Waals surface area (Å²) in [6, 6.07) is 7.95. The van der Waals surface area contributed by atoms with E-state index in [4.69, 9.17) is 11.6 Å². The summed E-state index contributed by atoms with van der Waals surface area (Å²) in [7, 11) is 0. The van der Waals surface area contributed by atoms with E-state index in [0.29, 0.717) is 0 Å². The van der Waals surface area contributed by atoms with Crippen LogP contribution in [0.5, 0.6) is 0 Å². The molecule has 0 saturated carbocycles. The molecule has 1 aromatic carbocycles. The summed E-state index contributed by atoms with van der Waals surface area (Å²) in [5, 5.41) is 4.21. The number of nitrogens with zero attached hydrogens (tertiary/aromatic N) is 2. The van der Waals surface area contributed by atoms with Crippen LogP contribution in [0.3, 0.4) is 0 Å². The number of halogens is 1. The Hall–Kier alpha value is -1.32. The Morgan fingerprint density at radius 2 is 2.06 bits per heavy atom. The van der Waals surface area contributed by atoms with E-state index < -0.39 is 0 Å². The SMILES string of the molecule is Cc1cncn1CCCNCc1ccc(Cl)cc1. The molecule has 0 aliphatic heterocycles. The molecular weight excluding hydrogens is 246 g/mol. The molecule has 0 bridgehead atoms. The predicted molar refractivity (Wildman–Crippen MR) is 74.7 cm³/mol. The topological polar surface area (TPSA) is 29.9 Å². The van der Waals surface area contributed by atoms with Gasteiger partial charge in [-0.05, 0) is 37.6 Å². The lowest BCUT2D eigenvalue weighted by atomic mass is 10.2. The lowest BCUT2D eigenvalue weighted by molar-refractivity contribution is 0.574. The minimum Gasteiger partial charge on any atom is -0.335 e. The van der Waals surface area contributed by atoms with Gasteiger partial charge >= 0.3 is 0 Å². The highest BCUT2D eigenvalue weighted by Gasteiger charge is 1.96. The highest BCUT2D eigenvalue weighted by molar-refractivity contribution is 6.30. The number of imidazole rings is 1. The molecule has 0 aliphatic rings. The van der Waals surface area contributed by atoms with Crippen LogP contribution in [0.4, 0.5) is 0 Å². The van der Waals surface area contributed by atoms with Gasteiger partial charge in [0.2, 0.25) is 0 Å². The van der Waals surface area contributed by atoms with Gasteiger partial charge in [0, 0.05) is 30.0 Å². The van der Waals surface area contributed by atoms with E-state index in [0.717, 1.165) is 31.1 Å². The maximum atomic E-state index is 5.84. The maximum absolute atomic E-state index is 5.84. The quantitative estimate of drug-likeness (QED) is 0.812. The fourth-order valence-corrected chi connectivity index (χ4v) is 1.96. The fraction of sp³-hybridized carbons (Fsp3) is 0.357. The summed E-state index contributed by atoms with van der Waals surface area (Å²) in [6.07, 6.45) is 4.88. The van der Waals surface area contributed by atoms with Gasteiger partial charge in [-0.2, -0.15) is 0 Å². The van der Waals surface area contributed by atoms with Gasteiger partial charge in [-0.1, -0.05) is 23.7 Å². The average Bonchev–Trinajstić information content (AvgIpc) is 2.77. The lowest BCUT2D eigenvalue weighted by Crippen LogP contribution is -2.16. The van der Waals surface area contributed by atoms with Crippen molar-refractivity contribution in [3.8, 4) is 0 Å². The van der Waals surface area contributed by atoms with Crippen LogP contribution in [-0.4, -0.2) is 16.1 Å². The van der Waals surface area contributed by atoms with Crippen molar-refractivity contribution in [2.24, 2.45) is 0 Å². The van der Waals surface area contributed by atoms with E-state index in [1.54, 1.807) is 0 Å². The number of aryl methyl sites for hydroxylation is 2. The zero-order chi connectivity index (χ0) is 12.8. The van der Waals surface area contributed by atoms with Crippen LogP contribution in [0.15, 0.2) is 36.8 Å². The van der Waals surface area contributed by atoms with Crippen molar-refractivity contribution in [1.29, 1.82) is 0 Å². The van der Waals surface area contributed by atoms with Crippen LogP contribution in [0.2, 0.25) is 5.02 Å². The van der Waals surface area contributed by atoms with Crippen molar-refractivity contribution in [3.63, 3.8) is 0 Å². The van der Waals surface area contributed by atoms with Crippen molar-refractivity contribution in [2.45, 2.75) is 26.4 Å². The van der Waals surface area contributed by atoms with Gasteiger partial charge in [-0.15, -0.1) is 0 Å². The zero-order valence-corrected chi connectivity index (χ0v) is 11.3. The number of aromatic nitrogens is 2. The van der Waals surface area contributed by atoms with Crippen LogP contribution in [-0.2, 0) is 13.1 Å². The number of hydrogen-bond acceptors (Lipinski definition) is 2. The summed E-state index contributed by atoms with van der Waals surface area (Å²) in [4.78, 5) is 4.11. The molecule has 3 nitrogen and oxygen atoms in total. The van der Waals surface area contributed by atoms with E-state index in [1.165, 1.54) is 11.3 Å². The van der Waals surface area contributed by atoms with Gasteiger partial charge in [0.1, 0.15) is 0 Å². The second kappa shape index (κ2) is 6.57. The second-order valence-electron chi connectivity index (χ2n) is 4.39. The van der Waals surface area contributed by atoms with Crippen LogP contribution in [0, 0.1) is 6.92 Å². The van der Waals surface area contributed by atoms with E-state index in [1.807, 2.05) is 24.7 Å². The van der Waals surface area contributed by atoms with Gasteiger partial charge in [0.15, 0.2) is 0 Å². The Labute approximate surface area is 113 Å². The number of hydrogen-bond donors (Lipinski definition) is 1. The summed E-state index contributed by atoms with van der Waals surface area (Å²) >= 11 is 5.84. The Balaban J connectivity index is 1.64. The van der Waals surface area contributed by atoms with Gasteiger partial charge in [-0.25, -0.2) is 4.98 Å². The number of benzene rings is 1. The van der Waals surface area contributed by atoms with Crippen molar-refractivity contribution >= 4 is 11.6 Å². The Morgan fingerprint density at radius 1 is 1.28 bits per heavy atom. The molecule has 1 N–H and O–H groups in total. The van der Waals surface area contributed by atoms with Crippen LogP contribution >= 0.6 is 11.6 Å². The molecule has 0 aliphatic carbocycles. The molecule has 0 amide bonds. The zero-order valence-electron chi connectivity index (χ0n) is 10.6. The molecule has 0 saturated heterocycles. The first-order valence-electron chi connectivity index (χ1n) is 6.17. The summed E-state index contributed by atoms with van der Waals surface area (Å²) in [6.45, 7) is 4.98. The van der Waals surface area contributed by atoms with E-state index in [9.17, 15) is 0 Å². The van der Waals surface area contributed by atoms with Gasteiger partial charge in [0.25, 0.3) is 0 Å². The molecule has 0 atom stereocenters. The molecule has 96 valence electrons. The molecule has 18 heavy (non-hydrogen) atoms. The Bertz CT molecular complexity index is 476. The number of nitrogens with one attached hydrogen (secondary N) is 1. The highest BCUT2D eigenvalue weighted by atomic mass is 35.5. The standard InChI is InChI=1S/C14H18ClN3/c1-12-9-17-11-18(12)8-2-7-16-10-13-3-5-14(15)6-4-13/h3-6,9,11,16H,2,7-8,10H2,1H3. The molecule has 0 unspecified atom stereocenters. The lowest BCUT2D eigenvalue weighted by Gasteiger charge is -2.07. The summed E-state index contributed by atoms with van der Waals surface area (Å²) in [5.74, 6) is 0. The highest BCUT2D eigenvalue weighted by Crippen LogP contribution is 2.09. The average molecular weight is 264 g/mol. The molecule has 4 heteroatoms. The first kappa shape index (κ1) is 13.1. The summed E-state index contributed by atoms with van der Waals surface area (Å²) in [5.41, 5.74) is 2.48. The first-order chi connectivity index (χ1) is 8.75. The Morgan fingerprint density at radius 3 is 2.72 bits per heavy atom. The monoisotopic (exact) mass is 263 g/mol. The van der Waals surface area contributed by atoms with Crippen molar-refractivity contribution < 1.29 is 0 Å². The van der Waals surface area contributed by atoms with Crippen LogP contribution in [0.1, 0.15) is 17.7 Å². The van der Waals surface area contributed by atoms with Gasteiger partial charge in [0.05, 0.1) is 6.33 Å². The smallest absolute Gasteiger partial charge is 0.0948 e. The largest absolute Gasteiger partial charge is 0.335 e. The van der Waals surface area contributed by atoms with Gasteiger partial charge in [-0.3, -0.25) is 0 Å². The third-order valence-corrected chi connectivity index (χ3v) is 3.17. The molecule has 2 aromatic rings. The Kier molecular flexibility index (Phi) is 4.79. The fourth-order valence-electron chi connectivity index (χ4n) is 1.83. The molecule has 1 heterocycles. The molecule has 0 fully saturated rings. The third-order valence-electron chi connectivity index (χ3n) is 2.92. The third kappa shape index (κ3) is 3.86. The molecule has 1 aromatic heterocycles. The summed E-state index contributed by atoms with van der Waals surface area (Å²) < 4.78 is 2.17. The second-order valence-corrected chi connectivity index (χ2v) is 4.82. The minimum absolute atomic E-state index is 0.786. The van der Waals surface area contributed by atoms with E-state index >= 15 is 0 Å². The number of rotatable bonds is 6. The normalized spacial score (nSPS) is 10.8. The minimum atomic E-state index is 0.786. The molecule has 0 spiro atoms. The van der Waals surface area contributed by atoms with E-state index in [-0.39, 0.29) is 0 Å². The van der Waals surface area contributed by atoms with E-state index in [2.05, 4.69) is 33.9 Å². The van der Waals surface area contributed by atoms with Crippen molar-refractivity contribution in [3.05, 3.63) is 53.1 Å². The van der Waals surface area contributed by atoms with Crippen LogP contribution < -0.4 is 5.32 Å². The van der Waals surface area contributed by atoms with Crippen molar-refractivity contribution in [2.75, 3.05) is 6.54 Å². The first-order valence-corrected chi connectivity index (χ1v) is 6.55.